The number of aromatic nitrogens is 2. The molecule has 1 saturated carbocycles. The summed E-state index contributed by atoms with van der Waals surface area (Å²) in [4.78, 5) is 32.7. The van der Waals surface area contributed by atoms with Gasteiger partial charge in [-0.3, -0.25) is 4.79 Å². The lowest BCUT2D eigenvalue weighted by atomic mass is 9.75. The third-order valence-corrected chi connectivity index (χ3v) is 9.76. The molecule has 3 heterocycles. The maximum absolute atomic E-state index is 12.6. The number of anilines is 2. The van der Waals surface area contributed by atoms with Gasteiger partial charge in [-0.2, -0.15) is 9.97 Å². The average molecular weight is 579 g/mol. The minimum atomic E-state index is -0.214. The van der Waals surface area contributed by atoms with Crippen LogP contribution in [0.2, 0.25) is 0 Å². The van der Waals surface area contributed by atoms with Crippen LogP contribution < -0.4 is 14.5 Å². The molecule has 3 aromatic rings. The second-order valence-electron chi connectivity index (χ2n) is 12.4. The van der Waals surface area contributed by atoms with Gasteiger partial charge in [-0.05, 0) is 54.7 Å². The SMILES string of the molecule is [C-]#[N+]C[C@H]1CN(c2nc(OCCC(C)C3CCC3)nc3c2CCN(c2cccc4cccc(C)c24)C3)CCN1C(=O)C=C. The van der Waals surface area contributed by atoms with Gasteiger partial charge < -0.3 is 24.3 Å². The Bertz CT molecular complexity index is 1540. The molecule has 6 rings (SSSR count). The first-order chi connectivity index (χ1) is 21.0. The fraction of sp³-hybridized carbons (Fsp3) is 0.486. The molecule has 1 aliphatic carbocycles. The molecule has 224 valence electrons. The van der Waals surface area contributed by atoms with E-state index in [0.717, 1.165) is 42.4 Å². The molecule has 1 saturated heterocycles. The summed E-state index contributed by atoms with van der Waals surface area (Å²) in [5, 5.41) is 2.53. The summed E-state index contributed by atoms with van der Waals surface area (Å²) >= 11 is 0. The number of aryl methyl sites for hydroxylation is 1. The number of nitrogens with zero attached hydrogens (tertiary/aromatic N) is 6. The quantitative estimate of drug-likeness (QED) is 0.235. The van der Waals surface area contributed by atoms with Crippen LogP contribution in [0, 0.1) is 25.3 Å². The molecular weight excluding hydrogens is 536 g/mol. The van der Waals surface area contributed by atoms with Crippen LogP contribution in [0.15, 0.2) is 49.1 Å². The minimum Gasteiger partial charge on any atom is -0.463 e. The molecule has 3 aliphatic rings. The Morgan fingerprint density at radius 2 is 1.98 bits per heavy atom. The number of benzene rings is 2. The van der Waals surface area contributed by atoms with Crippen molar-refractivity contribution in [1.82, 2.24) is 14.9 Å². The van der Waals surface area contributed by atoms with E-state index in [-0.39, 0.29) is 18.5 Å². The van der Waals surface area contributed by atoms with Gasteiger partial charge in [-0.15, -0.1) is 0 Å². The molecule has 2 aliphatic heterocycles. The number of carbonyl (C=O) groups excluding carboxylic acids is 1. The molecule has 1 amide bonds. The smallest absolute Gasteiger partial charge is 0.318 e. The van der Waals surface area contributed by atoms with Crippen molar-refractivity contribution in [3.05, 3.63) is 77.3 Å². The first-order valence-corrected chi connectivity index (χ1v) is 15.7. The van der Waals surface area contributed by atoms with Crippen molar-refractivity contribution in [2.75, 3.05) is 49.1 Å². The first-order valence-electron chi connectivity index (χ1n) is 15.7. The predicted molar refractivity (Wildman–Crippen MR) is 171 cm³/mol. The Labute approximate surface area is 255 Å². The Kier molecular flexibility index (Phi) is 8.51. The summed E-state index contributed by atoms with van der Waals surface area (Å²) in [6.45, 7) is 19.8. The van der Waals surface area contributed by atoms with Gasteiger partial charge in [-0.25, -0.2) is 6.57 Å². The van der Waals surface area contributed by atoms with Crippen LogP contribution in [0.4, 0.5) is 11.5 Å². The normalized spacial score (nSPS) is 19.4. The fourth-order valence-corrected chi connectivity index (χ4v) is 6.99. The van der Waals surface area contributed by atoms with Gasteiger partial charge in [0, 0.05) is 42.8 Å². The summed E-state index contributed by atoms with van der Waals surface area (Å²) < 4.78 is 6.28. The zero-order valence-corrected chi connectivity index (χ0v) is 25.5. The minimum absolute atomic E-state index is 0.122. The maximum atomic E-state index is 12.6. The van der Waals surface area contributed by atoms with E-state index >= 15 is 0 Å². The topological polar surface area (TPSA) is 66.2 Å². The molecule has 8 heteroatoms. The van der Waals surface area contributed by atoms with Crippen LogP contribution in [-0.2, 0) is 17.8 Å². The molecule has 8 nitrogen and oxygen atoms in total. The first kappa shape index (κ1) is 29.0. The molecule has 1 aromatic heterocycles. The second kappa shape index (κ2) is 12.6. The van der Waals surface area contributed by atoms with E-state index in [1.165, 1.54) is 47.4 Å². The van der Waals surface area contributed by atoms with Crippen molar-refractivity contribution in [3.63, 3.8) is 0 Å². The van der Waals surface area contributed by atoms with E-state index in [9.17, 15) is 4.79 Å². The Hall–Kier alpha value is -4.12. The Morgan fingerprint density at radius 3 is 2.72 bits per heavy atom. The van der Waals surface area contributed by atoms with Crippen LogP contribution in [0.25, 0.3) is 15.6 Å². The van der Waals surface area contributed by atoms with E-state index in [4.69, 9.17) is 21.3 Å². The van der Waals surface area contributed by atoms with E-state index in [1.54, 1.807) is 4.90 Å². The molecule has 0 N–H and O–H groups in total. The summed E-state index contributed by atoms with van der Waals surface area (Å²) in [6, 6.07) is 13.2. The molecule has 2 fully saturated rings. The van der Waals surface area contributed by atoms with Gasteiger partial charge in [0.2, 0.25) is 12.5 Å². The number of carbonyl (C=O) groups is 1. The van der Waals surface area contributed by atoms with Crippen LogP contribution >= 0.6 is 0 Å². The lowest BCUT2D eigenvalue weighted by molar-refractivity contribution is -0.128. The van der Waals surface area contributed by atoms with Crippen molar-refractivity contribution in [2.45, 2.75) is 58.5 Å². The molecule has 0 bridgehead atoms. The van der Waals surface area contributed by atoms with Gasteiger partial charge >= 0.3 is 6.01 Å². The van der Waals surface area contributed by atoms with E-state index < -0.39 is 0 Å². The number of piperazine rings is 1. The number of rotatable bonds is 9. The van der Waals surface area contributed by atoms with Crippen molar-refractivity contribution >= 4 is 28.2 Å². The summed E-state index contributed by atoms with van der Waals surface area (Å²) in [5.41, 5.74) is 4.64. The van der Waals surface area contributed by atoms with Gasteiger partial charge in [0.05, 0.1) is 18.8 Å². The monoisotopic (exact) mass is 578 g/mol. The average Bonchev–Trinajstić information content (AvgIpc) is 2.99. The molecular formula is C35H42N6O2. The zero-order valence-electron chi connectivity index (χ0n) is 25.5. The second-order valence-corrected chi connectivity index (χ2v) is 12.4. The molecule has 43 heavy (non-hydrogen) atoms. The summed E-state index contributed by atoms with van der Waals surface area (Å²) in [6.07, 6.45) is 7.16. The highest BCUT2D eigenvalue weighted by molar-refractivity contribution is 5.97. The molecule has 2 atom stereocenters. The Morgan fingerprint density at radius 1 is 1.16 bits per heavy atom. The number of hydrogen-bond acceptors (Lipinski definition) is 6. The lowest BCUT2D eigenvalue weighted by Gasteiger charge is -2.41. The van der Waals surface area contributed by atoms with Crippen LogP contribution in [-0.4, -0.2) is 66.1 Å². The standard InChI is InChI=1S/C35H42N6O2/c1-5-32(42)41-19-18-40(22-28(41)21-36-4)34-29-15-17-39(31-14-8-13-27-12-6-9-25(3)33(27)31)23-30(29)37-35(38-34)43-20-16-24(2)26-10-7-11-26/h5-6,8-9,12-14,24,26,28H,1,7,10-11,15-23H2,2-3H3/t24?,28-/m0/s1. The zero-order chi connectivity index (χ0) is 29.9. The molecule has 1 unspecified atom stereocenters. The number of ether oxygens (including phenoxy) is 1. The highest BCUT2D eigenvalue weighted by Crippen LogP contribution is 2.37. The Balaban J connectivity index is 1.30. The summed E-state index contributed by atoms with van der Waals surface area (Å²) in [7, 11) is 0. The van der Waals surface area contributed by atoms with E-state index in [2.05, 4.69) is 71.5 Å². The van der Waals surface area contributed by atoms with Gasteiger partial charge in [0.25, 0.3) is 0 Å². The lowest BCUT2D eigenvalue weighted by Crippen LogP contribution is -2.56. The van der Waals surface area contributed by atoms with Crippen LogP contribution in [0.5, 0.6) is 6.01 Å². The van der Waals surface area contributed by atoms with Crippen molar-refractivity contribution in [2.24, 2.45) is 11.8 Å². The third-order valence-electron chi connectivity index (χ3n) is 9.76. The van der Waals surface area contributed by atoms with E-state index in [1.807, 2.05) is 0 Å². The maximum Gasteiger partial charge on any atom is 0.318 e. The van der Waals surface area contributed by atoms with Crippen LogP contribution in [0.3, 0.4) is 0 Å². The highest BCUT2D eigenvalue weighted by atomic mass is 16.5. The number of hydrogen-bond donors (Lipinski definition) is 0. The van der Waals surface area contributed by atoms with Crippen molar-refractivity contribution < 1.29 is 9.53 Å². The largest absolute Gasteiger partial charge is 0.463 e. The van der Waals surface area contributed by atoms with Gasteiger partial charge in [0.15, 0.2) is 0 Å². The van der Waals surface area contributed by atoms with Gasteiger partial charge in [0.1, 0.15) is 11.9 Å². The molecule has 0 spiro atoms. The number of amides is 1. The highest BCUT2D eigenvalue weighted by Gasteiger charge is 2.35. The number of fused-ring (bicyclic) bond motifs is 2. The van der Waals surface area contributed by atoms with Gasteiger partial charge in [-0.1, -0.05) is 63.1 Å². The van der Waals surface area contributed by atoms with Crippen LogP contribution in [0.1, 0.15) is 49.4 Å². The summed E-state index contributed by atoms with van der Waals surface area (Å²) in [5.74, 6) is 2.22. The third kappa shape index (κ3) is 5.90. The van der Waals surface area contributed by atoms with Crippen molar-refractivity contribution in [1.29, 1.82) is 0 Å². The predicted octanol–water partition coefficient (Wildman–Crippen LogP) is 5.83. The molecule has 2 aromatic carbocycles. The van der Waals surface area contributed by atoms with Crippen molar-refractivity contribution in [3.8, 4) is 6.01 Å². The molecule has 0 radical (unpaired) electrons. The fourth-order valence-electron chi connectivity index (χ4n) is 6.99. The van der Waals surface area contributed by atoms with E-state index in [0.29, 0.717) is 44.7 Å².